The summed E-state index contributed by atoms with van der Waals surface area (Å²) in [6.45, 7) is -0.760. The number of aliphatic carboxylic acids is 1. The lowest BCUT2D eigenvalue weighted by Crippen LogP contribution is -2.59. The number of para-hydroxylation sites is 1. The van der Waals surface area contributed by atoms with Crippen LogP contribution in [0, 0.1) is 0 Å². The summed E-state index contributed by atoms with van der Waals surface area (Å²) in [7, 11) is 2.52. The van der Waals surface area contributed by atoms with Gasteiger partial charge in [0.1, 0.15) is 28.8 Å². The number of likely N-dealkylation sites (N-methyl/N-ethyl adjacent to an activating group) is 1. The Labute approximate surface area is 277 Å². The summed E-state index contributed by atoms with van der Waals surface area (Å²) < 4.78 is 52.1. The fourth-order valence-electron chi connectivity index (χ4n) is 6.32. The smallest absolute Gasteiger partial charge is 0.329 e. The number of nitrogens with zero attached hydrogens (tertiary/aromatic N) is 3. The van der Waals surface area contributed by atoms with Gasteiger partial charge in [0.05, 0.1) is 39.2 Å². The van der Waals surface area contributed by atoms with E-state index in [0.717, 1.165) is 0 Å². The monoisotopic (exact) mass is 687 g/mol. The van der Waals surface area contributed by atoms with Crippen LogP contribution in [0.1, 0.15) is 17.5 Å². The van der Waals surface area contributed by atoms with Crippen LogP contribution >= 0.6 is 11.6 Å². The van der Waals surface area contributed by atoms with E-state index in [1.54, 1.807) is 43.3 Å². The lowest BCUT2D eigenvalue weighted by atomic mass is 9.80. The first-order chi connectivity index (χ1) is 22.3. The summed E-state index contributed by atoms with van der Waals surface area (Å²) in [5.41, 5.74) is -1.61. The summed E-state index contributed by atoms with van der Waals surface area (Å²) in [5, 5.41) is 9.53. The SMILES string of the molecule is COc1ccc(S(=O)(=O)N2C(=O)C(c3ccccc3OC)(N3C[C@H](OCC(=O)O)C[C@H]3C(=O)N(C)C)c3cc(Cl)ccc32)c(OC)c1. The fraction of sp³-hybridized carbons (Fsp3) is 0.344. The second-order valence-corrected chi connectivity index (χ2v) is 13.3. The van der Waals surface area contributed by atoms with Crippen LogP contribution in [-0.4, -0.2) is 102 Å². The van der Waals surface area contributed by atoms with Gasteiger partial charge in [-0.1, -0.05) is 29.8 Å². The average Bonchev–Trinajstić information content (AvgIpc) is 3.59. The highest BCUT2D eigenvalue weighted by Crippen LogP contribution is 2.55. The summed E-state index contributed by atoms with van der Waals surface area (Å²) >= 11 is 6.56. The van der Waals surface area contributed by atoms with Gasteiger partial charge in [-0.2, -0.15) is 0 Å². The predicted molar refractivity (Wildman–Crippen MR) is 171 cm³/mol. The van der Waals surface area contributed by atoms with E-state index in [1.807, 2.05) is 0 Å². The molecule has 1 N–H and O–H groups in total. The van der Waals surface area contributed by atoms with E-state index in [-0.39, 0.29) is 51.2 Å². The third-order valence-corrected chi connectivity index (χ3v) is 10.3. The normalized spacial score (nSPS) is 21.0. The van der Waals surface area contributed by atoms with Gasteiger partial charge in [0.2, 0.25) is 5.91 Å². The first-order valence-electron chi connectivity index (χ1n) is 14.4. The van der Waals surface area contributed by atoms with Gasteiger partial charge in [0.25, 0.3) is 15.9 Å². The van der Waals surface area contributed by atoms with Gasteiger partial charge in [-0.3, -0.25) is 14.5 Å². The molecule has 2 heterocycles. The van der Waals surface area contributed by atoms with Gasteiger partial charge in [-0.25, -0.2) is 17.5 Å². The molecule has 15 heteroatoms. The molecule has 2 aliphatic rings. The van der Waals surface area contributed by atoms with Crippen molar-refractivity contribution < 1.29 is 46.9 Å². The maximum atomic E-state index is 15.4. The van der Waals surface area contributed by atoms with Crippen molar-refractivity contribution in [1.82, 2.24) is 9.80 Å². The highest BCUT2D eigenvalue weighted by atomic mass is 35.5. The number of likely N-dealkylation sites (tertiary alicyclic amines) is 1. The van der Waals surface area contributed by atoms with E-state index in [1.165, 1.54) is 62.6 Å². The Morgan fingerprint density at radius 3 is 2.32 bits per heavy atom. The number of methoxy groups -OCH3 is 3. The van der Waals surface area contributed by atoms with Crippen LogP contribution in [0.25, 0.3) is 0 Å². The highest BCUT2D eigenvalue weighted by Gasteiger charge is 2.64. The molecule has 1 fully saturated rings. The number of ether oxygens (including phenoxy) is 4. The highest BCUT2D eigenvalue weighted by molar-refractivity contribution is 7.93. The molecule has 2 aliphatic heterocycles. The van der Waals surface area contributed by atoms with E-state index in [0.29, 0.717) is 10.1 Å². The second-order valence-electron chi connectivity index (χ2n) is 11.1. The van der Waals surface area contributed by atoms with Gasteiger partial charge in [0, 0.05) is 42.9 Å². The molecule has 3 aromatic rings. The van der Waals surface area contributed by atoms with Crippen LogP contribution < -0.4 is 18.5 Å². The van der Waals surface area contributed by atoms with Crippen LogP contribution in [0.3, 0.4) is 0 Å². The van der Waals surface area contributed by atoms with Crippen molar-refractivity contribution in [2.75, 3.05) is 52.9 Å². The van der Waals surface area contributed by atoms with Gasteiger partial charge in [-0.05, 0) is 42.8 Å². The van der Waals surface area contributed by atoms with Gasteiger partial charge in [-0.15, -0.1) is 0 Å². The van der Waals surface area contributed by atoms with Crippen LogP contribution in [0.2, 0.25) is 5.02 Å². The van der Waals surface area contributed by atoms with E-state index < -0.39 is 52.1 Å². The number of hydrogen-bond donors (Lipinski definition) is 1. The van der Waals surface area contributed by atoms with Gasteiger partial charge in [0.15, 0.2) is 5.54 Å². The number of carbonyl (C=O) groups is 3. The van der Waals surface area contributed by atoms with Crippen molar-refractivity contribution in [3.8, 4) is 17.2 Å². The Morgan fingerprint density at radius 2 is 1.68 bits per heavy atom. The first-order valence-corrected chi connectivity index (χ1v) is 16.2. The summed E-state index contributed by atoms with van der Waals surface area (Å²) in [4.78, 5) is 43.3. The zero-order chi connectivity index (χ0) is 34.3. The molecule has 3 atom stereocenters. The standard InChI is InChI=1S/C32H34ClN3O10S/c1-34(2)30(39)25-15-21(46-18-29(37)38)17-35(25)32(22-8-6-7-9-26(22)44-4)23-14-19(33)10-12-24(23)36(31(32)40)47(41,42)28-13-11-20(43-3)16-27(28)45-5/h6-14,16,21,25H,15,17-18H2,1-5H3,(H,37,38)/t21-,25+,32?/m1/s1. The summed E-state index contributed by atoms with van der Waals surface area (Å²) in [6.07, 6.45) is -0.793. The molecule has 47 heavy (non-hydrogen) atoms. The van der Waals surface area contributed by atoms with Crippen LogP contribution in [0.15, 0.2) is 65.6 Å². The van der Waals surface area contributed by atoms with Crippen molar-refractivity contribution in [3.63, 3.8) is 0 Å². The largest absolute Gasteiger partial charge is 0.497 e. The minimum absolute atomic E-state index is 0.00543. The quantitative estimate of drug-likeness (QED) is 0.317. The van der Waals surface area contributed by atoms with Crippen molar-refractivity contribution in [2.24, 2.45) is 0 Å². The Bertz CT molecular complexity index is 1840. The molecule has 1 saturated heterocycles. The van der Waals surface area contributed by atoms with E-state index >= 15 is 4.79 Å². The van der Waals surface area contributed by atoms with Gasteiger partial charge >= 0.3 is 5.97 Å². The number of amides is 2. The number of hydrogen-bond acceptors (Lipinski definition) is 10. The summed E-state index contributed by atoms with van der Waals surface area (Å²) in [6, 6.07) is 14.0. The molecule has 0 aliphatic carbocycles. The van der Waals surface area contributed by atoms with Crippen molar-refractivity contribution in [2.45, 2.75) is 29.0 Å². The number of carbonyl (C=O) groups excluding carboxylic acids is 2. The molecular weight excluding hydrogens is 654 g/mol. The number of sulfonamides is 1. The van der Waals surface area contributed by atoms with Crippen molar-refractivity contribution in [1.29, 1.82) is 0 Å². The molecule has 0 radical (unpaired) electrons. The lowest BCUT2D eigenvalue weighted by molar-refractivity contribution is -0.144. The number of benzene rings is 3. The minimum Gasteiger partial charge on any atom is -0.497 e. The number of halogens is 1. The molecular formula is C32H34ClN3O10S. The second kappa shape index (κ2) is 13.0. The molecule has 0 aromatic heterocycles. The molecule has 0 bridgehead atoms. The lowest BCUT2D eigenvalue weighted by Gasteiger charge is -2.42. The number of rotatable bonds is 11. The molecule has 0 spiro atoms. The van der Waals surface area contributed by atoms with Crippen LogP contribution in [0.5, 0.6) is 17.2 Å². The molecule has 2 amide bonds. The Hall–Kier alpha value is -4.37. The number of fused-ring (bicyclic) bond motifs is 1. The van der Waals surface area contributed by atoms with Gasteiger partial charge < -0.3 is 29.0 Å². The Kier molecular flexibility index (Phi) is 9.42. The first kappa shape index (κ1) is 34.0. The third-order valence-electron chi connectivity index (χ3n) is 8.31. The van der Waals surface area contributed by atoms with Crippen LogP contribution in [-0.2, 0) is 34.7 Å². The maximum absolute atomic E-state index is 15.4. The van der Waals surface area contributed by atoms with E-state index in [9.17, 15) is 23.1 Å². The predicted octanol–water partition coefficient (Wildman–Crippen LogP) is 2.98. The topological polar surface area (TPSA) is 152 Å². The zero-order valence-electron chi connectivity index (χ0n) is 26.3. The van der Waals surface area contributed by atoms with E-state index in [4.69, 9.17) is 30.5 Å². The Balaban J connectivity index is 1.84. The average molecular weight is 688 g/mol. The zero-order valence-corrected chi connectivity index (χ0v) is 27.9. The molecule has 3 aromatic carbocycles. The number of carboxylic acid groups (broad SMARTS) is 1. The Morgan fingerprint density at radius 1 is 0.979 bits per heavy atom. The molecule has 250 valence electrons. The maximum Gasteiger partial charge on any atom is 0.329 e. The van der Waals surface area contributed by atoms with Crippen LogP contribution in [0.4, 0.5) is 5.69 Å². The number of anilines is 1. The molecule has 13 nitrogen and oxygen atoms in total. The molecule has 1 unspecified atom stereocenters. The molecule has 0 saturated carbocycles. The van der Waals surface area contributed by atoms with Crippen molar-refractivity contribution in [3.05, 3.63) is 76.8 Å². The van der Waals surface area contributed by atoms with Crippen molar-refractivity contribution >= 4 is 45.1 Å². The number of carboxylic acids is 1. The van der Waals surface area contributed by atoms with E-state index in [2.05, 4.69) is 0 Å². The summed E-state index contributed by atoms with van der Waals surface area (Å²) in [5.74, 6) is -2.05. The molecule has 5 rings (SSSR count). The fourth-order valence-corrected chi connectivity index (χ4v) is 8.09. The minimum atomic E-state index is -4.71. The third kappa shape index (κ3) is 5.64.